The highest BCUT2D eigenvalue weighted by molar-refractivity contribution is 8.00. The van der Waals surface area contributed by atoms with E-state index in [1.165, 1.54) is 42.6 Å². The number of hydrogen-bond acceptors (Lipinski definition) is 3. The van der Waals surface area contributed by atoms with E-state index in [1.807, 2.05) is 11.8 Å². The maximum atomic E-state index is 6.98. The summed E-state index contributed by atoms with van der Waals surface area (Å²) in [5, 5.41) is 11.6. The summed E-state index contributed by atoms with van der Waals surface area (Å²) in [6.45, 7) is 0. The molecule has 1 aliphatic rings. The van der Waals surface area contributed by atoms with Gasteiger partial charge in [-0.05, 0) is 30.5 Å². The van der Waals surface area contributed by atoms with Gasteiger partial charge < -0.3 is 5.73 Å². The van der Waals surface area contributed by atoms with E-state index in [-0.39, 0.29) is 5.96 Å². The van der Waals surface area contributed by atoms with Crippen LogP contribution in [-0.2, 0) is 6.42 Å². The Labute approximate surface area is 124 Å². The van der Waals surface area contributed by atoms with Crippen molar-refractivity contribution in [2.24, 2.45) is 10.8 Å². The highest BCUT2D eigenvalue weighted by Crippen LogP contribution is 2.33. The summed E-state index contributed by atoms with van der Waals surface area (Å²) in [5.41, 5.74) is 8.76. The van der Waals surface area contributed by atoms with Crippen molar-refractivity contribution in [2.75, 3.05) is 0 Å². The van der Waals surface area contributed by atoms with E-state index in [9.17, 15) is 0 Å². The van der Waals surface area contributed by atoms with Crippen LogP contribution in [0.2, 0.25) is 0 Å². The molecule has 0 bridgehead atoms. The van der Waals surface area contributed by atoms with Gasteiger partial charge in [0.05, 0.1) is 0 Å². The van der Waals surface area contributed by atoms with Crippen LogP contribution in [0.1, 0.15) is 37.7 Å². The number of guanidine groups is 1. The lowest BCUT2D eigenvalue weighted by Gasteiger charge is -2.20. The second kappa shape index (κ2) is 7.94. The first kappa shape index (κ1) is 14.9. The largest absolute Gasteiger partial charge is 0.369 e. The highest BCUT2D eigenvalue weighted by atomic mass is 32.2. The maximum Gasteiger partial charge on any atom is 0.206 e. The molecule has 0 atom stereocenters. The number of nitrogens with zero attached hydrogens (tertiary/aromatic N) is 1. The SMILES string of the molecule is N=C(N)NN=CCc1ccc(SC2CCCCC2)cc1. The number of hydrazone groups is 1. The van der Waals surface area contributed by atoms with Gasteiger partial charge in [-0.25, -0.2) is 5.43 Å². The molecule has 1 saturated carbocycles. The van der Waals surface area contributed by atoms with E-state index >= 15 is 0 Å². The molecule has 0 heterocycles. The predicted octanol–water partition coefficient (Wildman–Crippen LogP) is 3.12. The number of nitrogens with two attached hydrogens (primary N) is 1. The van der Waals surface area contributed by atoms with Crippen LogP contribution < -0.4 is 11.2 Å². The van der Waals surface area contributed by atoms with Crippen LogP contribution in [0.25, 0.3) is 0 Å². The first-order chi connectivity index (χ1) is 9.74. The quantitative estimate of drug-likeness (QED) is 0.443. The Hall–Kier alpha value is -1.49. The van der Waals surface area contributed by atoms with Crippen LogP contribution in [0.4, 0.5) is 0 Å². The number of thioether (sulfide) groups is 1. The van der Waals surface area contributed by atoms with Crippen molar-refractivity contribution < 1.29 is 0 Å². The second-order valence-electron chi connectivity index (χ2n) is 5.06. The van der Waals surface area contributed by atoms with Gasteiger partial charge in [0.15, 0.2) is 0 Å². The van der Waals surface area contributed by atoms with E-state index < -0.39 is 0 Å². The summed E-state index contributed by atoms with van der Waals surface area (Å²) in [5.74, 6) is -0.138. The van der Waals surface area contributed by atoms with Crippen LogP contribution in [0.15, 0.2) is 34.3 Å². The van der Waals surface area contributed by atoms with E-state index in [4.69, 9.17) is 11.1 Å². The van der Waals surface area contributed by atoms with Gasteiger partial charge in [-0.2, -0.15) is 5.10 Å². The Morgan fingerprint density at radius 1 is 1.30 bits per heavy atom. The Kier molecular flexibility index (Phi) is 5.92. The molecule has 0 amide bonds. The standard InChI is InChI=1S/C15H22N4S/c16-15(17)19-18-11-10-12-6-8-14(9-7-12)20-13-4-2-1-3-5-13/h6-9,11,13H,1-5,10H2,(H4,16,17,19). The van der Waals surface area contributed by atoms with Crippen LogP contribution in [0.3, 0.4) is 0 Å². The van der Waals surface area contributed by atoms with E-state index in [2.05, 4.69) is 34.8 Å². The molecule has 20 heavy (non-hydrogen) atoms. The Balaban J connectivity index is 1.79. The number of hydrogen-bond donors (Lipinski definition) is 3. The third kappa shape index (κ3) is 5.25. The van der Waals surface area contributed by atoms with Crippen molar-refractivity contribution in [2.45, 2.75) is 48.7 Å². The summed E-state index contributed by atoms with van der Waals surface area (Å²) < 4.78 is 0. The van der Waals surface area contributed by atoms with Crippen molar-refractivity contribution >= 4 is 23.9 Å². The lowest BCUT2D eigenvalue weighted by atomic mass is 10.0. The van der Waals surface area contributed by atoms with Gasteiger partial charge in [0.2, 0.25) is 5.96 Å². The maximum absolute atomic E-state index is 6.98. The number of benzene rings is 1. The first-order valence-corrected chi connectivity index (χ1v) is 7.99. The molecule has 2 rings (SSSR count). The lowest BCUT2D eigenvalue weighted by molar-refractivity contribution is 0.516. The van der Waals surface area contributed by atoms with Gasteiger partial charge in [-0.3, -0.25) is 5.41 Å². The summed E-state index contributed by atoms with van der Waals surface area (Å²) >= 11 is 2.01. The fourth-order valence-corrected chi connectivity index (χ4v) is 3.59. The molecule has 1 aliphatic carbocycles. The predicted molar refractivity (Wildman–Crippen MR) is 86.4 cm³/mol. The van der Waals surface area contributed by atoms with E-state index in [0.717, 1.165) is 11.7 Å². The zero-order chi connectivity index (χ0) is 14.2. The van der Waals surface area contributed by atoms with E-state index in [0.29, 0.717) is 0 Å². The van der Waals surface area contributed by atoms with Gasteiger partial charge in [0, 0.05) is 22.8 Å². The topological polar surface area (TPSA) is 74.3 Å². The molecular formula is C15H22N4S. The van der Waals surface area contributed by atoms with Crippen molar-refractivity contribution in [3.8, 4) is 0 Å². The lowest BCUT2D eigenvalue weighted by Crippen LogP contribution is -2.25. The number of nitrogens with one attached hydrogen (secondary N) is 2. The average molecular weight is 290 g/mol. The summed E-state index contributed by atoms with van der Waals surface area (Å²) in [4.78, 5) is 1.36. The molecule has 0 saturated heterocycles. The highest BCUT2D eigenvalue weighted by Gasteiger charge is 2.14. The summed E-state index contributed by atoms with van der Waals surface area (Å²) in [7, 11) is 0. The fourth-order valence-electron chi connectivity index (χ4n) is 2.35. The van der Waals surface area contributed by atoms with Gasteiger partial charge in [-0.15, -0.1) is 11.8 Å². The third-order valence-corrected chi connectivity index (χ3v) is 4.73. The molecule has 0 spiro atoms. The van der Waals surface area contributed by atoms with Crippen molar-refractivity contribution in [1.29, 1.82) is 5.41 Å². The molecule has 0 aliphatic heterocycles. The molecular weight excluding hydrogens is 268 g/mol. The molecule has 0 unspecified atom stereocenters. The van der Waals surface area contributed by atoms with Crippen molar-refractivity contribution in [3.05, 3.63) is 29.8 Å². The molecule has 4 nitrogen and oxygen atoms in total. The zero-order valence-electron chi connectivity index (χ0n) is 11.6. The van der Waals surface area contributed by atoms with Crippen LogP contribution in [-0.4, -0.2) is 17.4 Å². The minimum atomic E-state index is -0.138. The average Bonchev–Trinajstić information content (AvgIpc) is 2.46. The minimum absolute atomic E-state index is 0.138. The zero-order valence-corrected chi connectivity index (χ0v) is 12.5. The number of rotatable bonds is 5. The van der Waals surface area contributed by atoms with Crippen LogP contribution >= 0.6 is 11.8 Å². The molecule has 0 aromatic heterocycles. The fraction of sp³-hybridized carbons (Fsp3) is 0.467. The summed E-state index contributed by atoms with van der Waals surface area (Å²) in [6, 6.07) is 8.68. The van der Waals surface area contributed by atoms with Gasteiger partial charge in [0.25, 0.3) is 0 Å². The third-order valence-electron chi connectivity index (χ3n) is 3.38. The van der Waals surface area contributed by atoms with Crippen molar-refractivity contribution in [1.82, 2.24) is 5.43 Å². The van der Waals surface area contributed by atoms with E-state index in [1.54, 1.807) is 6.21 Å². The molecule has 108 valence electrons. The second-order valence-corrected chi connectivity index (χ2v) is 6.44. The molecule has 1 aromatic carbocycles. The molecule has 5 heteroatoms. The van der Waals surface area contributed by atoms with Gasteiger partial charge >= 0.3 is 0 Å². The first-order valence-electron chi connectivity index (χ1n) is 7.11. The smallest absolute Gasteiger partial charge is 0.206 e. The van der Waals surface area contributed by atoms with Gasteiger partial charge in [-0.1, -0.05) is 31.4 Å². The van der Waals surface area contributed by atoms with Crippen LogP contribution in [0, 0.1) is 5.41 Å². The molecule has 1 aromatic rings. The molecule has 1 fully saturated rings. The Morgan fingerprint density at radius 2 is 2.00 bits per heavy atom. The Morgan fingerprint density at radius 3 is 2.65 bits per heavy atom. The molecule has 4 N–H and O–H groups in total. The minimum Gasteiger partial charge on any atom is -0.369 e. The normalized spacial score (nSPS) is 16.4. The van der Waals surface area contributed by atoms with Crippen molar-refractivity contribution in [3.63, 3.8) is 0 Å². The molecule has 0 radical (unpaired) electrons. The van der Waals surface area contributed by atoms with Gasteiger partial charge in [0.1, 0.15) is 0 Å². The Bertz CT molecular complexity index is 449. The monoisotopic (exact) mass is 290 g/mol. The summed E-state index contributed by atoms with van der Waals surface area (Å²) in [6.07, 6.45) is 9.36. The van der Waals surface area contributed by atoms with Crippen LogP contribution in [0.5, 0.6) is 0 Å².